The average molecular weight is 284 g/mol. The summed E-state index contributed by atoms with van der Waals surface area (Å²) in [5.74, 6) is 0. The molecule has 1 aliphatic heterocycles. The summed E-state index contributed by atoms with van der Waals surface area (Å²) in [5, 5.41) is 14.9. The van der Waals surface area contributed by atoms with Crippen LogP contribution in [0.1, 0.15) is 12.5 Å². The molecule has 2 aliphatic rings. The van der Waals surface area contributed by atoms with Crippen LogP contribution in [-0.2, 0) is 11.3 Å². The molecule has 5 nitrogen and oxygen atoms in total. The number of hydroxylamine groups is 2. The zero-order valence-electron chi connectivity index (χ0n) is 11.8. The van der Waals surface area contributed by atoms with E-state index in [0.717, 1.165) is 27.1 Å². The second kappa shape index (κ2) is 5.18. The summed E-state index contributed by atoms with van der Waals surface area (Å²) in [6.45, 7) is 6.66. The molecule has 0 spiro atoms. The predicted molar refractivity (Wildman–Crippen MR) is 80.5 cm³/mol. The molecule has 21 heavy (non-hydrogen) atoms. The molecule has 108 valence electrons. The number of nitro benzene ring substituents is 1. The molecule has 5 heteroatoms. The summed E-state index contributed by atoms with van der Waals surface area (Å²) in [7, 11) is 0. The maximum absolute atomic E-state index is 11.2. The van der Waals surface area contributed by atoms with Gasteiger partial charge in [0, 0.05) is 29.5 Å². The second-order valence-corrected chi connectivity index (χ2v) is 5.27. The van der Waals surface area contributed by atoms with Crippen LogP contribution in [0.3, 0.4) is 0 Å². The van der Waals surface area contributed by atoms with Crippen molar-refractivity contribution in [2.45, 2.75) is 13.3 Å². The molecule has 3 rings (SSSR count). The van der Waals surface area contributed by atoms with Gasteiger partial charge in [0.15, 0.2) is 0 Å². The first kappa shape index (κ1) is 13.6. The molecule has 0 bridgehead atoms. The van der Waals surface area contributed by atoms with Crippen molar-refractivity contribution in [3.8, 4) is 0 Å². The Balaban J connectivity index is 2.20. The maximum Gasteiger partial charge on any atom is 0.273 e. The summed E-state index contributed by atoms with van der Waals surface area (Å²) in [6.07, 6.45) is 6.32. The van der Waals surface area contributed by atoms with Gasteiger partial charge in [-0.15, -0.1) is 6.58 Å². The lowest BCUT2D eigenvalue weighted by Gasteiger charge is -2.26. The molecule has 0 aromatic heterocycles. The number of nitrogens with zero attached hydrogens (tertiary/aromatic N) is 2. The summed E-state index contributed by atoms with van der Waals surface area (Å²) < 4.78 is 0. The fraction of sp³-hybridized carbons (Fsp3) is 0.250. The van der Waals surface area contributed by atoms with E-state index in [4.69, 9.17) is 4.84 Å². The topological polar surface area (TPSA) is 55.6 Å². The van der Waals surface area contributed by atoms with Crippen molar-refractivity contribution in [1.29, 1.82) is 0 Å². The minimum absolute atomic E-state index is 0.201. The van der Waals surface area contributed by atoms with Crippen LogP contribution < -0.4 is 10.4 Å². The second-order valence-electron chi connectivity index (χ2n) is 5.27. The van der Waals surface area contributed by atoms with Crippen molar-refractivity contribution < 1.29 is 9.76 Å². The lowest BCUT2D eigenvalue weighted by molar-refractivity contribution is -0.385. The third-order valence-electron chi connectivity index (χ3n) is 3.68. The molecule has 0 unspecified atom stereocenters. The van der Waals surface area contributed by atoms with E-state index in [0.29, 0.717) is 19.6 Å². The fourth-order valence-electron chi connectivity index (χ4n) is 2.92. The fourth-order valence-corrected chi connectivity index (χ4v) is 2.92. The van der Waals surface area contributed by atoms with Crippen molar-refractivity contribution in [2.75, 3.05) is 13.2 Å². The molecule has 0 saturated heterocycles. The minimum atomic E-state index is -0.299. The Morgan fingerprint density at radius 3 is 3.05 bits per heavy atom. The van der Waals surface area contributed by atoms with Crippen molar-refractivity contribution in [3.05, 3.63) is 62.6 Å². The molecule has 0 amide bonds. The van der Waals surface area contributed by atoms with Crippen LogP contribution in [0.5, 0.6) is 0 Å². The first-order valence-electron chi connectivity index (χ1n) is 6.79. The van der Waals surface area contributed by atoms with E-state index in [1.165, 1.54) is 0 Å². The van der Waals surface area contributed by atoms with E-state index in [2.05, 4.69) is 12.7 Å². The molecule has 1 aromatic rings. The van der Waals surface area contributed by atoms with Gasteiger partial charge in [-0.2, -0.15) is 0 Å². The van der Waals surface area contributed by atoms with E-state index in [1.807, 2.05) is 13.1 Å². The molecule has 0 saturated carbocycles. The van der Waals surface area contributed by atoms with Gasteiger partial charge in [-0.05, 0) is 23.8 Å². The van der Waals surface area contributed by atoms with E-state index < -0.39 is 0 Å². The van der Waals surface area contributed by atoms with Crippen molar-refractivity contribution in [1.82, 2.24) is 5.06 Å². The summed E-state index contributed by atoms with van der Waals surface area (Å²) >= 11 is 0. The SMILES string of the molecule is C=CCON1C=c2ccc([N+](=O)[O-])c3c2=C(C=C(C)C3)C1. The quantitative estimate of drug-likeness (QED) is 0.477. The van der Waals surface area contributed by atoms with Crippen molar-refractivity contribution in [3.63, 3.8) is 0 Å². The van der Waals surface area contributed by atoms with E-state index in [9.17, 15) is 10.1 Å². The Labute approximate surface area is 122 Å². The number of allylic oxidation sites excluding steroid dienone is 1. The molecule has 0 radical (unpaired) electrons. The zero-order chi connectivity index (χ0) is 15.0. The van der Waals surface area contributed by atoms with Crippen LogP contribution in [0.4, 0.5) is 5.69 Å². The smallest absolute Gasteiger partial charge is 0.270 e. The number of nitro groups is 1. The van der Waals surface area contributed by atoms with Crippen LogP contribution in [0, 0.1) is 10.1 Å². The highest BCUT2D eigenvalue weighted by Gasteiger charge is 2.23. The molecule has 0 atom stereocenters. The molecule has 0 N–H and O–H groups in total. The summed E-state index contributed by atoms with van der Waals surface area (Å²) in [4.78, 5) is 16.5. The largest absolute Gasteiger partial charge is 0.273 e. The van der Waals surface area contributed by atoms with Gasteiger partial charge in [-0.3, -0.25) is 20.0 Å². The predicted octanol–water partition coefficient (Wildman–Crippen LogP) is 1.42. The third kappa shape index (κ3) is 2.36. The summed E-state index contributed by atoms with van der Waals surface area (Å²) in [6, 6.07) is 3.37. The molecule has 1 aromatic carbocycles. The monoisotopic (exact) mass is 284 g/mol. The van der Waals surface area contributed by atoms with Crippen LogP contribution in [0.2, 0.25) is 0 Å². The van der Waals surface area contributed by atoms with Crippen molar-refractivity contribution >= 4 is 17.5 Å². The first-order valence-corrected chi connectivity index (χ1v) is 6.79. The van der Waals surface area contributed by atoms with Gasteiger partial charge in [0.2, 0.25) is 0 Å². The Morgan fingerprint density at radius 1 is 1.52 bits per heavy atom. The average Bonchev–Trinajstić information content (AvgIpc) is 2.44. The van der Waals surface area contributed by atoms with Gasteiger partial charge >= 0.3 is 0 Å². The number of hydrogen-bond acceptors (Lipinski definition) is 4. The summed E-state index contributed by atoms with van der Waals surface area (Å²) in [5.41, 5.74) is 3.21. The zero-order valence-corrected chi connectivity index (χ0v) is 11.8. The highest BCUT2D eigenvalue weighted by atomic mass is 16.7. The number of hydrogen-bond donors (Lipinski definition) is 0. The van der Waals surface area contributed by atoms with Gasteiger partial charge in [-0.1, -0.05) is 17.7 Å². The normalized spacial score (nSPS) is 16.0. The number of rotatable bonds is 4. The van der Waals surface area contributed by atoms with Gasteiger partial charge in [0.25, 0.3) is 5.69 Å². The molecule has 1 heterocycles. The van der Waals surface area contributed by atoms with Crippen LogP contribution in [0.15, 0.2) is 36.4 Å². The molecule has 1 aliphatic carbocycles. The van der Waals surface area contributed by atoms with Gasteiger partial charge in [0.1, 0.15) is 0 Å². The van der Waals surface area contributed by atoms with Crippen LogP contribution in [-0.4, -0.2) is 23.1 Å². The van der Waals surface area contributed by atoms with E-state index in [1.54, 1.807) is 23.3 Å². The van der Waals surface area contributed by atoms with Crippen molar-refractivity contribution in [2.24, 2.45) is 0 Å². The van der Waals surface area contributed by atoms with E-state index >= 15 is 0 Å². The highest BCUT2D eigenvalue weighted by Crippen LogP contribution is 2.23. The lowest BCUT2D eigenvalue weighted by atomic mass is 9.90. The van der Waals surface area contributed by atoms with Crippen LogP contribution in [0.25, 0.3) is 11.8 Å². The minimum Gasteiger partial charge on any atom is -0.270 e. The third-order valence-corrected chi connectivity index (χ3v) is 3.68. The number of benzene rings is 1. The Hall–Kier alpha value is -2.40. The maximum atomic E-state index is 11.2. The first-order chi connectivity index (χ1) is 10.1. The highest BCUT2D eigenvalue weighted by molar-refractivity contribution is 5.68. The standard InChI is InChI=1S/C16H16N2O3/c1-3-6-21-17-9-12-4-5-15(18(19)20)14-8-11(2)7-13(10-17)16(12)14/h3-5,7,9H,1,6,8,10H2,2H3. The lowest BCUT2D eigenvalue weighted by Crippen LogP contribution is -2.42. The van der Waals surface area contributed by atoms with E-state index in [-0.39, 0.29) is 10.6 Å². The van der Waals surface area contributed by atoms with Gasteiger partial charge in [-0.25, -0.2) is 0 Å². The molecule has 0 fully saturated rings. The Kier molecular flexibility index (Phi) is 3.35. The van der Waals surface area contributed by atoms with Gasteiger partial charge < -0.3 is 0 Å². The molecular formula is C16H16N2O3. The molecular weight excluding hydrogens is 268 g/mol. The Bertz CT molecular complexity index is 777. The van der Waals surface area contributed by atoms with Gasteiger partial charge in [0.05, 0.1) is 18.1 Å². The Morgan fingerprint density at radius 2 is 2.33 bits per heavy atom. The van der Waals surface area contributed by atoms with Crippen LogP contribution >= 0.6 is 0 Å².